The average molecular weight is 1310 g/mol. The number of aliphatic hydroxyl groups is 2. The highest BCUT2D eigenvalue weighted by atomic mass is 35.7. The molecule has 0 radical (unpaired) electrons. The van der Waals surface area contributed by atoms with Crippen LogP contribution in [0.25, 0.3) is 33.3 Å². The lowest BCUT2D eigenvalue weighted by Gasteiger charge is -2.23. The van der Waals surface area contributed by atoms with Gasteiger partial charge in [-0.25, -0.2) is 44.6 Å². The first-order valence-electron chi connectivity index (χ1n) is 26.8. The van der Waals surface area contributed by atoms with Crippen molar-refractivity contribution in [1.29, 1.82) is 10.5 Å². The number of halogens is 6. The van der Waals surface area contributed by atoms with Gasteiger partial charge in [-0.3, -0.25) is 0 Å². The zero-order valence-corrected chi connectivity index (χ0v) is 51.4. The first-order chi connectivity index (χ1) is 40.3. The Morgan fingerprint density at radius 2 is 1.06 bits per heavy atom. The highest BCUT2D eigenvalue weighted by Crippen LogP contribution is 2.40. The van der Waals surface area contributed by atoms with E-state index in [9.17, 15) is 46.4 Å². The number of nitriles is 2. The Kier molecular flexibility index (Phi) is 20.0. The lowest BCUT2D eigenvalue weighted by atomic mass is 10.0. The second-order valence-electron chi connectivity index (χ2n) is 22.5. The van der Waals surface area contributed by atoms with Crippen LogP contribution in [0, 0.1) is 58.0 Å². The summed E-state index contributed by atoms with van der Waals surface area (Å²) in [7, 11) is -3.24. The molecule has 4 fully saturated rings. The lowest BCUT2D eigenvalue weighted by molar-refractivity contribution is 0.0280. The summed E-state index contributed by atoms with van der Waals surface area (Å²) in [4.78, 5) is 12.8. The van der Waals surface area contributed by atoms with Crippen LogP contribution in [0.15, 0.2) is 120 Å². The zero-order chi connectivity index (χ0) is 60.8. The van der Waals surface area contributed by atoms with E-state index in [1.807, 2.05) is 36.5 Å². The van der Waals surface area contributed by atoms with Gasteiger partial charge in [0.2, 0.25) is 10.0 Å². The molecule has 4 aliphatic rings. The molecule has 8 aromatic rings. The van der Waals surface area contributed by atoms with Gasteiger partial charge in [0.1, 0.15) is 69.9 Å². The van der Waals surface area contributed by atoms with E-state index in [1.165, 1.54) is 34.8 Å². The van der Waals surface area contributed by atoms with Crippen molar-refractivity contribution in [2.45, 2.75) is 56.1 Å². The van der Waals surface area contributed by atoms with Gasteiger partial charge in [0.05, 0.1) is 68.2 Å². The molecule has 0 aliphatic carbocycles. The molecule has 0 unspecified atom stereocenters. The number of fused-ring (bicyclic) bond motifs is 4. The Hall–Kier alpha value is -6.94. The Labute approximate surface area is 523 Å². The normalized spacial score (nSPS) is 18.3. The quantitative estimate of drug-likeness (QED) is 0.0908. The summed E-state index contributed by atoms with van der Waals surface area (Å²) < 4.78 is 91.2. The van der Waals surface area contributed by atoms with Crippen molar-refractivity contribution < 1.29 is 45.3 Å². The van der Waals surface area contributed by atoms with Crippen LogP contribution >= 0.6 is 46.3 Å². The fraction of sp³-hybridized carbons (Fsp3) is 0.356. The number of pyridine rings is 4. The van der Waals surface area contributed by atoms with Crippen molar-refractivity contribution in [3.8, 4) is 45.9 Å². The maximum absolute atomic E-state index is 14.4. The van der Waals surface area contributed by atoms with Gasteiger partial charge in [-0.15, -0.1) is 12.4 Å². The first kappa shape index (κ1) is 66.0. The number of hydrogen-bond acceptors (Lipinski definition) is 17. The molecule has 4 saturated heterocycles. The van der Waals surface area contributed by atoms with Gasteiger partial charge in [-0.1, -0.05) is 42.8 Å². The maximum Gasteiger partial charge on any atom is 0.265 e. The molecule has 0 bridgehead atoms. The molecular weight excluding hydrogens is 1250 g/mol. The third kappa shape index (κ3) is 14.6. The molecule has 4 aliphatic heterocycles. The number of nitrogens with one attached hydrogen (secondary N) is 1. The molecule has 4 atom stereocenters. The van der Waals surface area contributed by atoms with Crippen molar-refractivity contribution >= 4 is 88.0 Å². The first-order valence-corrected chi connectivity index (χ1v) is 31.3. The van der Waals surface area contributed by atoms with Crippen LogP contribution in [-0.4, -0.2) is 137 Å². The van der Waals surface area contributed by atoms with Gasteiger partial charge in [0.15, 0.2) is 0 Å². The summed E-state index contributed by atoms with van der Waals surface area (Å²) in [5.41, 5.74) is 3.44. The molecule has 10 heterocycles. The van der Waals surface area contributed by atoms with Crippen LogP contribution in [0.4, 0.5) is 20.4 Å². The SMILES string of the molecule is C.CC(C)(O)COc1cc(-c2ccc(N3C[C@@H]4CN(S(=O)(=O)c5c(F)cccc5Cl)C[C@@H]4C3)nc2)c2c(C#N)cnn2c1.CC(C)(O)COc1cc(-c2ccc(N3C[C@H]4CNC[C@H]4C3)nc2)c2c(C#N)cnn2c1.Cl.O=S(=O)(Cl)c1c(F)cccc1Cl. The maximum atomic E-state index is 14.4. The molecule has 3 N–H and O–H groups in total. The molecule has 2 aromatic carbocycles. The lowest BCUT2D eigenvalue weighted by Crippen LogP contribution is -2.34. The average Bonchev–Trinajstić information content (AvgIpc) is 1.92. The minimum Gasteiger partial charge on any atom is -0.489 e. The van der Waals surface area contributed by atoms with E-state index in [0.717, 1.165) is 72.2 Å². The van der Waals surface area contributed by atoms with Crippen LogP contribution < -0.4 is 24.6 Å². The summed E-state index contributed by atoms with van der Waals surface area (Å²) in [5, 5.41) is 51.0. The van der Waals surface area contributed by atoms with E-state index in [4.69, 9.17) is 53.3 Å². The van der Waals surface area contributed by atoms with E-state index in [2.05, 4.69) is 37.5 Å². The molecule has 12 rings (SSSR count). The predicted molar refractivity (Wildman–Crippen MR) is 330 cm³/mol. The van der Waals surface area contributed by atoms with Gasteiger partial charge in [-0.05, 0) is 112 Å². The highest BCUT2D eigenvalue weighted by molar-refractivity contribution is 8.13. The molecule has 460 valence electrons. The molecule has 0 saturated carbocycles. The van der Waals surface area contributed by atoms with Gasteiger partial charge >= 0.3 is 0 Å². The smallest absolute Gasteiger partial charge is 0.265 e. The topological polar surface area (TPSA) is 257 Å². The van der Waals surface area contributed by atoms with E-state index < -0.39 is 51.7 Å². The molecule has 0 spiro atoms. The molecule has 20 nitrogen and oxygen atoms in total. The Morgan fingerprint density at radius 1 is 0.644 bits per heavy atom. The van der Waals surface area contributed by atoms with Crippen LogP contribution in [0.3, 0.4) is 0 Å². The minimum absolute atomic E-state index is 0. The number of anilines is 2. The van der Waals surface area contributed by atoms with Crippen LogP contribution in [0.1, 0.15) is 46.2 Å². The van der Waals surface area contributed by atoms with Gasteiger partial charge < -0.3 is 34.8 Å². The fourth-order valence-electron chi connectivity index (χ4n) is 10.9. The summed E-state index contributed by atoms with van der Waals surface area (Å²) in [6, 6.07) is 23.4. The van der Waals surface area contributed by atoms with Gasteiger partial charge in [-0.2, -0.15) is 25.0 Å². The minimum atomic E-state index is -4.10. The molecule has 6 aromatic heterocycles. The van der Waals surface area contributed by atoms with Crippen molar-refractivity contribution in [2.24, 2.45) is 23.7 Å². The Morgan fingerprint density at radius 3 is 1.41 bits per heavy atom. The predicted octanol–water partition coefficient (Wildman–Crippen LogP) is 9.50. The van der Waals surface area contributed by atoms with Gasteiger partial charge in [0.25, 0.3) is 9.05 Å². The second kappa shape index (κ2) is 26.4. The standard InChI is InChI=1S/C29H28ClFN6O4S.C23H26N6O2.C6H3Cl2FO2S.CH4.ClH/c1-29(2,38)17-41-22-8-23(27-19(9-32)11-34-37(27)16-22)18-6-7-26(33-10-18)35-12-20-14-36(15-21(20)13-35)42(39,40)28-24(30)4-3-5-25(28)31;1-23(2,30)14-31-19-5-20(22-16(6-24)10-27-29(22)13-19)15-3-4-21(26-9-15)28-11-17-7-25-8-18(17)12-28;7-4-2-1-3-5(9)6(4)12(8,10)11;;/h3-8,10-11,16,20-21,38H,12-15,17H2,1-2H3;3-5,9-10,13,17-18,25,30H,7-8,11-12,14H2,1-2H3;1-3H;1H4;1H/t20-,21+;17-,18+;;;. The van der Waals surface area contributed by atoms with Gasteiger partial charge in [0, 0.05) is 97.7 Å². The van der Waals surface area contributed by atoms with Crippen molar-refractivity contribution in [3.05, 3.63) is 143 Å². The van der Waals surface area contributed by atoms with Crippen molar-refractivity contribution in [2.75, 3.05) is 75.4 Å². The molecule has 87 heavy (non-hydrogen) atoms. The van der Waals surface area contributed by atoms with E-state index >= 15 is 0 Å². The largest absolute Gasteiger partial charge is 0.489 e. The summed E-state index contributed by atoms with van der Waals surface area (Å²) in [5.74, 6) is 2.54. The fourth-order valence-corrected chi connectivity index (χ4v) is 14.7. The number of sulfonamides is 1. The highest BCUT2D eigenvalue weighted by Gasteiger charge is 2.46. The van der Waals surface area contributed by atoms with Crippen molar-refractivity contribution in [3.63, 3.8) is 0 Å². The number of aromatic nitrogens is 6. The Bertz CT molecular complexity index is 4070. The summed E-state index contributed by atoms with van der Waals surface area (Å²) in [6.07, 6.45) is 10.0. The summed E-state index contributed by atoms with van der Waals surface area (Å²) >= 11 is 11.5. The third-order valence-electron chi connectivity index (χ3n) is 14.9. The number of nitrogens with zero attached hydrogens (tertiary/aromatic N) is 11. The van der Waals surface area contributed by atoms with E-state index in [0.29, 0.717) is 58.6 Å². The van der Waals surface area contributed by atoms with E-state index in [-0.39, 0.29) is 68.0 Å². The molecular formula is C59H62Cl4F2N12O8S2. The molecule has 0 amide bonds. The number of benzene rings is 2. The zero-order valence-electron chi connectivity index (χ0n) is 46.7. The van der Waals surface area contributed by atoms with Crippen molar-refractivity contribution in [1.82, 2.24) is 38.8 Å². The Balaban J connectivity index is 0.000000191. The monoisotopic (exact) mass is 1310 g/mol. The second-order valence-corrected chi connectivity index (χ2v) is 27.7. The van der Waals surface area contributed by atoms with E-state index in [1.54, 1.807) is 67.6 Å². The third-order valence-corrected chi connectivity index (χ3v) is 19.0. The molecule has 28 heteroatoms. The van der Waals surface area contributed by atoms with Crippen LogP contribution in [0.2, 0.25) is 10.0 Å². The number of rotatable bonds is 13. The van der Waals surface area contributed by atoms with Crippen LogP contribution in [-0.2, 0) is 19.1 Å². The summed E-state index contributed by atoms with van der Waals surface area (Å²) in [6.45, 7) is 12.9. The number of ether oxygens (including phenoxy) is 2. The van der Waals surface area contributed by atoms with Crippen LogP contribution in [0.5, 0.6) is 11.5 Å². The number of hydrogen-bond donors (Lipinski definition) is 3.